The van der Waals surface area contributed by atoms with Gasteiger partial charge in [-0.05, 0) is 64.7 Å². The van der Waals surface area contributed by atoms with E-state index >= 15 is 0 Å². The highest BCUT2D eigenvalue weighted by Crippen LogP contribution is 2.40. The van der Waals surface area contributed by atoms with Crippen LogP contribution in [0.4, 0.5) is 0 Å². The molecular formula is C42H35ClN2O7S. The number of aromatic nitrogens is 1. The summed E-state index contributed by atoms with van der Waals surface area (Å²) >= 11 is 8.03. The number of ether oxygens (including phenoxy) is 5. The van der Waals surface area contributed by atoms with Gasteiger partial charge in [-0.15, -0.1) is 0 Å². The standard InChI is InChI=1S/C42H35ClN2O7S/c1-5-51-41(47)36-37(27-13-7-6-8-14-27)44-42-45(38(36)28-18-19-32(48-2)33(23-28)49-3)40(46)35(53-42)22-25-20-31(43)39(34(21-25)50-4)52-24-29-16-11-15-26-12-9-10-17-30(26)29/h6-23,38H,5,24H2,1-4H3/b35-22-/t38-/m0/s1. The fraction of sp³-hybridized carbons (Fsp3) is 0.167. The van der Waals surface area contributed by atoms with Crippen LogP contribution < -0.4 is 33.8 Å². The molecule has 0 spiro atoms. The Morgan fingerprint density at radius 2 is 1.60 bits per heavy atom. The molecule has 7 rings (SSSR count). The zero-order chi connectivity index (χ0) is 37.1. The van der Waals surface area contributed by atoms with Crippen molar-refractivity contribution in [1.29, 1.82) is 0 Å². The molecule has 1 aromatic heterocycles. The van der Waals surface area contributed by atoms with Gasteiger partial charge in [-0.3, -0.25) is 9.36 Å². The van der Waals surface area contributed by atoms with Gasteiger partial charge in [0.1, 0.15) is 6.61 Å². The number of carbonyl (C=O) groups is 1. The lowest BCUT2D eigenvalue weighted by atomic mass is 9.93. The molecule has 2 heterocycles. The van der Waals surface area contributed by atoms with E-state index in [-0.39, 0.29) is 24.3 Å². The summed E-state index contributed by atoms with van der Waals surface area (Å²) < 4.78 is 30.6. The van der Waals surface area contributed by atoms with Gasteiger partial charge in [0.25, 0.3) is 5.56 Å². The van der Waals surface area contributed by atoms with Gasteiger partial charge in [0, 0.05) is 5.56 Å². The fourth-order valence-corrected chi connectivity index (χ4v) is 7.74. The highest BCUT2D eigenvalue weighted by atomic mass is 35.5. The number of fused-ring (bicyclic) bond motifs is 2. The number of nitrogens with zero attached hydrogens (tertiary/aromatic N) is 2. The van der Waals surface area contributed by atoms with E-state index in [1.165, 1.54) is 23.0 Å². The maximum Gasteiger partial charge on any atom is 0.338 e. The SMILES string of the molecule is CCOC(=O)C1=C(c2ccccc2)N=c2s/c(=C\c3cc(Cl)c(OCc4cccc5ccccc45)c(OC)c3)c(=O)n2[C@H]1c1ccc(OC)c(OC)c1. The second-order valence-electron chi connectivity index (χ2n) is 12.0. The second-order valence-corrected chi connectivity index (χ2v) is 13.4. The number of esters is 1. The van der Waals surface area contributed by atoms with E-state index in [0.29, 0.717) is 59.7 Å². The van der Waals surface area contributed by atoms with E-state index in [2.05, 4.69) is 18.2 Å². The minimum atomic E-state index is -0.898. The van der Waals surface area contributed by atoms with Gasteiger partial charge in [0.2, 0.25) is 0 Å². The average molecular weight is 747 g/mol. The summed E-state index contributed by atoms with van der Waals surface area (Å²) in [5, 5.41) is 2.52. The van der Waals surface area contributed by atoms with Gasteiger partial charge in [-0.2, -0.15) is 0 Å². The van der Waals surface area contributed by atoms with Crippen LogP contribution in [-0.2, 0) is 16.1 Å². The van der Waals surface area contributed by atoms with Crippen LogP contribution in [0.1, 0.15) is 35.2 Å². The Morgan fingerprint density at radius 1 is 0.868 bits per heavy atom. The number of thiazole rings is 1. The molecule has 0 saturated carbocycles. The molecule has 0 fully saturated rings. The molecule has 0 N–H and O–H groups in total. The number of hydrogen-bond acceptors (Lipinski definition) is 9. The normalized spacial score (nSPS) is 14.1. The molecule has 0 saturated heterocycles. The van der Waals surface area contributed by atoms with Crippen molar-refractivity contribution in [1.82, 2.24) is 4.57 Å². The minimum Gasteiger partial charge on any atom is -0.493 e. The first-order chi connectivity index (χ1) is 25.8. The van der Waals surface area contributed by atoms with E-state index in [1.807, 2.05) is 54.6 Å². The van der Waals surface area contributed by atoms with Crippen LogP contribution in [0.2, 0.25) is 5.02 Å². The number of benzene rings is 5. The van der Waals surface area contributed by atoms with Crippen molar-refractivity contribution in [3.63, 3.8) is 0 Å². The lowest BCUT2D eigenvalue weighted by molar-refractivity contribution is -0.138. The molecule has 6 aromatic rings. The quantitative estimate of drug-likeness (QED) is 0.128. The van der Waals surface area contributed by atoms with Crippen LogP contribution in [-0.4, -0.2) is 38.5 Å². The summed E-state index contributed by atoms with van der Waals surface area (Å²) in [6.45, 7) is 2.15. The fourth-order valence-electron chi connectivity index (χ4n) is 6.46. The van der Waals surface area contributed by atoms with Crippen molar-refractivity contribution in [2.75, 3.05) is 27.9 Å². The molecule has 0 amide bonds. The Kier molecular flexibility index (Phi) is 10.3. The number of rotatable bonds is 11. The Hall–Kier alpha value is -5.84. The predicted octanol–water partition coefficient (Wildman–Crippen LogP) is 7.35. The number of carbonyl (C=O) groups excluding carboxylic acids is 1. The Balaban J connectivity index is 1.35. The smallest absolute Gasteiger partial charge is 0.338 e. The molecule has 0 bridgehead atoms. The van der Waals surface area contributed by atoms with Crippen LogP contribution in [0.3, 0.4) is 0 Å². The van der Waals surface area contributed by atoms with Crippen LogP contribution in [0, 0.1) is 0 Å². The first kappa shape index (κ1) is 35.6. The van der Waals surface area contributed by atoms with E-state index in [4.69, 9.17) is 40.3 Å². The third kappa shape index (κ3) is 6.91. The molecule has 9 nitrogen and oxygen atoms in total. The maximum atomic E-state index is 14.5. The third-order valence-corrected chi connectivity index (χ3v) is 10.2. The van der Waals surface area contributed by atoms with Crippen molar-refractivity contribution in [3.8, 4) is 23.0 Å². The molecule has 1 aliphatic rings. The molecule has 0 aliphatic carbocycles. The number of hydrogen-bond donors (Lipinski definition) is 0. The van der Waals surface area contributed by atoms with E-state index in [0.717, 1.165) is 16.3 Å². The predicted molar refractivity (Wildman–Crippen MR) is 207 cm³/mol. The van der Waals surface area contributed by atoms with Gasteiger partial charge in [-0.25, -0.2) is 9.79 Å². The molecule has 53 heavy (non-hydrogen) atoms. The zero-order valence-corrected chi connectivity index (χ0v) is 31.0. The third-order valence-electron chi connectivity index (χ3n) is 8.90. The summed E-state index contributed by atoms with van der Waals surface area (Å²) in [7, 11) is 4.62. The molecule has 1 atom stereocenters. The summed E-state index contributed by atoms with van der Waals surface area (Å²) in [5.74, 6) is 1.17. The van der Waals surface area contributed by atoms with Crippen molar-refractivity contribution in [2.24, 2.45) is 4.99 Å². The average Bonchev–Trinajstić information content (AvgIpc) is 3.50. The summed E-state index contributed by atoms with van der Waals surface area (Å²) in [6.07, 6.45) is 1.73. The Bertz CT molecular complexity index is 2560. The lowest BCUT2D eigenvalue weighted by Gasteiger charge is -2.26. The van der Waals surface area contributed by atoms with Crippen LogP contribution in [0.25, 0.3) is 22.5 Å². The van der Waals surface area contributed by atoms with Crippen molar-refractivity contribution < 1.29 is 28.5 Å². The van der Waals surface area contributed by atoms with Gasteiger partial charge < -0.3 is 23.7 Å². The van der Waals surface area contributed by atoms with Crippen molar-refractivity contribution in [2.45, 2.75) is 19.6 Å². The Labute approximate surface area is 314 Å². The van der Waals surface area contributed by atoms with Crippen LogP contribution in [0.5, 0.6) is 23.0 Å². The van der Waals surface area contributed by atoms with Gasteiger partial charge in [-0.1, -0.05) is 102 Å². The van der Waals surface area contributed by atoms with Gasteiger partial charge in [0.05, 0.1) is 54.8 Å². The maximum absolute atomic E-state index is 14.5. The number of halogens is 1. The highest BCUT2D eigenvalue weighted by Gasteiger charge is 2.35. The molecular weight excluding hydrogens is 712 g/mol. The van der Waals surface area contributed by atoms with Gasteiger partial charge >= 0.3 is 5.97 Å². The van der Waals surface area contributed by atoms with E-state index < -0.39 is 12.0 Å². The molecule has 0 unspecified atom stereocenters. The molecule has 5 aromatic carbocycles. The summed E-state index contributed by atoms with van der Waals surface area (Å²) in [5.41, 5.74) is 3.22. The van der Waals surface area contributed by atoms with Crippen LogP contribution in [0.15, 0.2) is 118 Å². The first-order valence-corrected chi connectivity index (χ1v) is 18.0. The lowest BCUT2D eigenvalue weighted by Crippen LogP contribution is -2.40. The van der Waals surface area contributed by atoms with E-state index in [9.17, 15) is 9.59 Å². The highest BCUT2D eigenvalue weighted by molar-refractivity contribution is 7.07. The largest absolute Gasteiger partial charge is 0.493 e. The molecule has 0 radical (unpaired) electrons. The molecule has 1 aliphatic heterocycles. The van der Waals surface area contributed by atoms with Crippen LogP contribution >= 0.6 is 22.9 Å². The monoisotopic (exact) mass is 746 g/mol. The molecule has 11 heteroatoms. The van der Waals surface area contributed by atoms with E-state index in [1.54, 1.807) is 57.6 Å². The second kappa shape index (κ2) is 15.4. The van der Waals surface area contributed by atoms with Gasteiger partial charge in [0.15, 0.2) is 27.8 Å². The summed E-state index contributed by atoms with van der Waals surface area (Å²) in [4.78, 5) is 33.7. The first-order valence-electron chi connectivity index (χ1n) is 16.8. The zero-order valence-electron chi connectivity index (χ0n) is 29.4. The molecule has 268 valence electrons. The Morgan fingerprint density at radius 3 is 2.36 bits per heavy atom. The van der Waals surface area contributed by atoms with Crippen molar-refractivity contribution in [3.05, 3.63) is 156 Å². The van der Waals surface area contributed by atoms with Crippen molar-refractivity contribution >= 4 is 51.5 Å². The summed E-state index contributed by atoms with van der Waals surface area (Å²) in [6, 6.07) is 31.4. The topological polar surface area (TPSA) is 97.6 Å². The number of methoxy groups -OCH3 is 3. The minimum absolute atomic E-state index is 0.137.